The molecule has 0 aromatic carbocycles. The zero-order chi connectivity index (χ0) is 11.8. The highest BCUT2D eigenvalue weighted by Crippen LogP contribution is 2.08. The van der Waals surface area contributed by atoms with Crippen LogP contribution in [-0.2, 0) is 6.42 Å². The second kappa shape index (κ2) is 7.39. The van der Waals surface area contributed by atoms with Gasteiger partial charge in [0.2, 0.25) is 0 Å². The highest BCUT2D eigenvalue weighted by molar-refractivity contribution is 5.16. The largest absolute Gasteiger partial charge is 0.314 e. The second-order valence-corrected chi connectivity index (χ2v) is 4.47. The van der Waals surface area contributed by atoms with Gasteiger partial charge in [-0.2, -0.15) is 0 Å². The fourth-order valence-electron chi connectivity index (χ4n) is 1.89. The fourth-order valence-corrected chi connectivity index (χ4v) is 1.89. The van der Waals surface area contributed by atoms with Crippen LogP contribution in [0.4, 0.5) is 0 Å². The minimum absolute atomic E-state index is 0.653. The Bertz CT molecular complexity index is 297. The third-order valence-corrected chi connectivity index (χ3v) is 2.89. The van der Waals surface area contributed by atoms with Crippen molar-refractivity contribution in [1.29, 1.82) is 0 Å². The molecule has 1 unspecified atom stereocenters. The van der Waals surface area contributed by atoms with Crippen molar-refractivity contribution in [3.63, 3.8) is 0 Å². The van der Waals surface area contributed by atoms with Gasteiger partial charge in [0, 0.05) is 18.4 Å². The van der Waals surface area contributed by atoms with E-state index in [-0.39, 0.29) is 0 Å². The molecule has 0 amide bonds. The van der Waals surface area contributed by atoms with Crippen molar-refractivity contribution in [2.24, 2.45) is 0 Å². The van der Waals surface area contributed by atoms with Gasteiger partial charge in [0.15, 0.2) is 0 Å². The lowest BCUT2D eigenvalue weighted by Gasteiger charge is -2.16. The first-order chi connectivity index (χ1) is 7.76. The molecule has 0 aliphatic carbocycles. The Morgan fingerprint density at radius 1 is 1.31 bits per heavy atom. The van der Waals surface area contributed by atoms with Gasteiger partial charge in [0.1, 0.15) is 0 Å². The molecular weight excluding hydrogens is 196 g/mol. The number of aromatic nitrogens is 1. The first-order valence-corrected chi connectivity index (χ1v) is 6.40. The van der Waals surface area contributed by atoms with E-state index in [0.717, 1.165) is 13.0 Å². The van der Waals surface area contributed by atoms with Crippen LogP contribution in [0, 0.1) is 6.92 Å². The monoisotopic (exact) mass is 220 g/mol. The van der Waals surface area contributed by atoms with Crippen molar-refractivity contribution in [1.82, 2.24) is 10.3 Å². The van der Waals surface area contributed by atoms with E-state index in [0.29, 0.717) is 6.04 Å². The lowest BCUT2D eigenvalue weighted by atomic mass is 10.0. The zero-order valence-corrected chi connectivity index (χ0v) is 10.8. The predicted octanol–water partition coefficient (Wildman–Crippen LogP) is 3.10. The maximum atomic E-state index is 4.23. The van der Waals surface area contributed by atoms with E-state index in [9.17, 15) is 0 Å². The Balaban J connectivity index is 2.37. The van der Waals surface area contributed by atoms with Gasteiger partial charge in [-0.1, -0.05) is 19.9 Å². The van der Waals surface area contributed by atoms with E-state index >= 15 is 0 Å². The van der Waals surface area contributed by atoms with Gasteiger partial charge in [-0.3, -0.25) is 4.98 Å². The lowest BCUT2D eigenvalue weighted by molar-refractivity contribution is 0.468. The topological polar surface area (TPSA) is 24.9 Å². The van der Waals surface area contributed by atoms with Crippen LogP contribution in [0.5, 0.6) is 0 Å². The summed E-state index contributed by atoms with van der Waals surface area (Å²) in [5, 5.41) is 3.58. The van der Waals surface area contributed by atoms with Crippen LogP contribution in [0.2, 0.25) is 0 Å². The molecule has 0 spiro atoms. The summed E-state index contributed by atoms with van der Waals surface area (Å²) in [7, 11) is 0. The number of aryl methyl sites for hydroxylation is 2. The number of nitrogens with zero attached hydrogens (tertiary/aromatic N) is 1. The molecule has 0 fully saturated rings. The maximum absolute atomic E-state index is 4.23. The van der Waals surface area contributed by atoms with Crippen LogP contribution in [0.1, 0.15) is 44.2 Å². The molecule has 1 atom stereocenters. The van der Waals surface area contributed by atoms with Crippen molar-refractivity contribution in [3.05, 3.63) is 29.6 Å². The van der Waals surface area contributed by atoms with Gasteiger partial charge < -0.3 is 5.32 Å². The molecule has 0 bridgehead atoms. The van der Waals surface area contributed by atoms with Crippen molar-refractivity contribution in [3.8, 4) is 0 Å². The Labute approximate surface area is 99.5 Å². The van der Waals surface area contributed by atoms with E-state index in [2.05, 4.69) is 37.1 Å². The molecule has 0 radical (unpaired) electrons. The molecule has 2 nitrogen and oxygen atoms in total. The zero-order valence-electron chi connectivity index (χ0n) is 10.8. The summed E-state index contributed by atoms with van der Waals surface area (Å²) in [5.41, 5.74) is 2.61. The van der Waals surface area contributed by atoms with Crippen molar-refractivity contribution in [2.75, 3.05) is 6.54 Å². The fraction of sp³-hybridized carbons (Fsp3) is 0.643. The summed E-state index contributed by atoms with van der Waals surface area (Å²) in [4.78, 5) is 4.23. The lowest BCUT2D eigenvalue weighted by Crippen LogP contribution is -2.29. The van der Waals surface area contributed by atoms with Crippen molar-refractivity contribution in [2.45, 2.75) is 52.5 Å². The van der Waals surface area contributed by atoms with E-state index in [1.165, 1.54) is 30.4 Å². The van der Waals surface area contributed by atoms with Gasteiger partial charge in [-0.15, -0.1) is 0 Å². The maximum Gasteiger partial charge on any atom is 0.0300 e. The summed E-state index contributed by atoms with van der Waals surface area (Å²) in [6.45, 7) is 7.69. The second-order valence-electron chi connectivity index (χ2n) is 4.47. The molecule has 0 saturated carbocycles. The van der Waals surface area contributed by atoms with Crippen LogP contribution in [0.3, 0.4) is 0 Å². The molecule has 16 heavy (non-hydrogen) atoms. The van der Waals surface area contributed by atoms with Crippen molar-refractivity contribution >= 4 is 0 Å². The summed E-state index contributed by atoms with van der Waals surface area (Å²) in [6.07, 6.45) is 8.66. The number of hydrogen-bond acceptors (Lipinski definition) is 2. The van der Waals surface area contributed by atoms with Crippen LogP contribution >= 0.6 is 0 Å². The molecule has 0 saturated heterocycles. The predicted molar refractivity (Wildman–Crippen MR) is 69.7 cm³/mol. The van der Waals surface area contributed by atoms with Crippen LogP contribution in [0.25, 0.3) is 0 Å². The third kappa shape index (κ3) is 4.75. The minimum atomic E-state index is 0.653. The van der Waals surface area contributed by atoms with E-state index < -0.39 is 0 Å². The average Bonchev–Trinajstić information content (AvgIpc) is 2.29. The molecular formula is C14H24N2. The first kappa shape index (κ1) is 13.2. The standard InChI is InChI=1S/C14H24N2/c1-4-8-16-14(5-2)7-6-13-9-12(3)10-15-11-13/h9-11,14,16H,4-8H2,1-3H3. The molecule has 1 aromatic heterocycles. The third-order valence-electron chi connectivity index (χ3n) is 2.89. The summed E-state index contributed by atoms with van der Waals surface area (Å²) < 4.78 is 0. The van der Waals surface area contributed by atoms with E-state index in [1.807, 2.05) is 12.4 Å². The van der Waals surface area contributed by atoms with Gasteiger partial charge in [-0.25, -0.2) is 0 Å². The molecule has 1 N–H and O–H groups in total. The SMILES string of the molecule is CCCNC(CC)CCc1cncc(C)c1. The highest BCUT2D eigenvalue weighted by Gasteiger charge is 2.05. The summed E-state index contributed by atoms with van der Waals surface area (Å²) >= 11 is 0. The van der Waals surface area contributed by atoms with Crippen molar-refractivity contribution < 1.29 is 0 Å². The molecule has 2 heteroatoms. The Kier molecular flexibility index (Phi) is 6.09. The molecule has 0 aliphatic rings. The van der Waals surface area contributed by atoms with Gasteiger partial charge in [0.25, 0.3) is 0 Å². The number of rotatable bonds is 7. The molecule has 1 rings (SSSR count). The molecule has 0 aliphatic heterocycles. The van der Waals surface area contributed by atoms with Gasteiger partial charge in [0.05, 0.1) is 0 Å². The number of nitrogens with one attached hydrogen (secondary N) is 1. The Morgan fingerprint density at radius 3 is 2.75 bits per heavy atom. The molecule has 90 valence electrons. The van der Waals surface area contributed by atoms with Crippen LogP contribution in [-0.4, -0.2) is 17.6 Å². The highest BCUT2D eigenvalue weighted by atomic mass is 14.9. The van der Waals surface area contributed by atoms with Gasteiger partial charge >= 0.3 is 0 Å². The minimum Gasteiger partial charge on any atom is -0.314 e. The number of pyridine rings is 1. The molecule has 1 heterocycles. The summed E-state index contributed by atoms with van der Waals surface area (Å²) in [5.74, 6) is 0. The summed E-state index contributed by atoms with van der Waals surface area (Å²) in [6, 6.07) is 2.89. The Morgan fingerprint density at radius 2 is 2.12 bits per heavy atom. The smallest absolute Gasteiger partial charge is 0.0300 e. The normalized spacial score (nSPS) is 12.7. The number of hydrogen-bond donors (Lipinski definition) is 1. The average molecular weight is 220 g/mol. The quantitative estimate of drug-likeness (QED) is 0.763. The van der Waals surface area contributed by atoms with E-state index in [1.54, 1.807) is 0 Å². The first-order valence-electron chi connectivity index (χ1n) is 6.40. The van der Waals surface area contributed by atoms with Crippen LogP contribution in [0.15, 0.2) is 18.5 Å². The van der Waals surface area contributed by atoms with Crippen LogP contribution < -0.4 is 5.32 Å². The molecule has 1 aromatic rings. The van der Waals surface area contributed by atoms with Gasteiger partial charge in [-0.05, 0) is 50.3 Å². The van der Waals surface area contributed by atoms with E-state index in [4.69, 9.17) is 0 Å². The Hall–Kier alpha value is -0.890.